The lowest BCUT2D eigenvalue weighted by Crippen LogP contribution is -2.43. The highest BCUT2D eigenvalue weighted by molar-refractivity contribution is 7.88. The first kappa shape index (κ1) is 17.8. The van der Waals surface area contributed by atoms with Gasteiger partial charge in [0.1, 0.15) is 0 Å². The van der Waals surface area contributed by atoms with Crippen LogP contribution in [0.4, 0.5) is 5.95 Å². The third kappa shape index (κ3) is 4.73. The maximum Gasteiger partial charge on any atom is 0.223 e. The summed E-state index contributed by atoms with van der Waals surface area (Å²) in [7, 11) is -3.15. The second-order valence-corrected chi connectivity index (χ2v) is 8.18. The fourth-order valence-electron chi connectivity index (χ4n) is 3.17. The van der Waals surface area contributed by atoms with Crippen molar-refractivity contribution in [1.29, 1.82) is 0 Å². The van der Waals surface area contributed by atoms with E-state index in [1.54, 1.807) is 22.9 Å². The average Bonchev–Trinajstić information content (AvgIpc) is 2.62. The molecule has 3 heterocycles. The molecule has 1 atom stereocenters. The largest absolute Gasteiger partial charge is 0.354 e. The van der Waals surface area contributed by atoms with Crippen LogP contribution in [0.2, 0.25) is 0 Å². The highest BCUT2D eigenvalue weighted by atomic mass is 32.2. The summed E-state index contributed by atoms with van der Waals surface area (Å²) in [5.74, 6) is 0.545. The first-order valence-electron chi connectivity index (χ1n) is 8.48. The molecule has 1 aliphatic heterocycles. The van der Waals surface area contributed by atoms with Gasteiger partial charge >= 0.3 is 0 Å². The molecule has 0 aliphatic carbocycles. The fourth-order valence-corrected chi connectivity index (χ4v) is 4.38. The third-order valence-electron chi connectivity index (χ3n) is 4.37. The van der Waals surface area contributed by atoms with Crippen LogP contribution in [0, 0.1) is 0 Å². The molecule has 0 bridgehead atoms. The molecule has 2 aromatic rings. The number of hydrogen-bond donors (Lipinski definition) is 1. The van der Waals surface area contributed by atoms with Crippen LogP contribution in [-0.2, 0) is 10.0 Å². The van der Waals surface area contributed by atoms with E-state index in [0.717, 1.165) is 36.9 Å². The Morgan fingerprint density at radius 2 is 2.16 bits per heavy atom. The summed E-state index contributed by atoms with van der Waals surface area (Å²) in [6, 6.07) is 5.71. The van der Waals surface area contributed by atoms with Gasteiger partial charge in [-0.1, -0.05) is 6.42 Å². The highest BCUT2D eigenvalue weighted by Crippen LogP contribution is 2.22. The maximum absolute atomic E-state index is 11.9. The lowest BCUT2D eigenvalue weighted by molar-refractivity contribution is 0.246. The predicted molar refractivity (Wildman–Crippen MR) is 97.6 cm³/mol. The van der Waals surface area contributed by atoms with Crippen molar-refractivity contribution in [3.63, 3.8) is 0 Å². The maximum atomic E-state index is 11.9. The summed E-state index contributed by atoms with van der Waals surface area (Å²) in [6.07, 6.45) is 10.1. The summed E-state index contributed by atoms with van der Waals surface area (Å²) < 4.78 is 25.4. The summed E-state index contributed by atoms with van der Waals surface area (Å²) in [6.45, 7) is 1.25. The van der Waals surface area contributed by atoms with Crippen molar-refractivity contribution in [2.75, 3.05) is 24.7 Å². The second-order valence-electron chi connectivity index (χ2n) is 6.25. The Hall–Kier alpha value is -2.06. The molecule has 2 aromatic heterocycles. The van der Waals surface area contributed by atoms with E-state index in [-0.39, 0.29) is 6.04 Å². The minimum atomic E-state index is -3.15. The quantitative estimate of drug-likeness (QED) is 0.848. The predicted octanol–water partition coefficient (Wildman–Crippen LogP) is 2.15. The fraction of sp³-hybridized carbons (Fsp3) is 0.471. The molecular weight excluding hydrogens is 338 g/mol. The van der Waals surface area contributed by atoms with Crippen molar-refractivity contribution in [2.45, 2.75) is 31.7 Å². The van der Waals surface area contributed by atoms with Gasteiger partial charge in [-0.3, -0.25) is 4.98 Å². The average molecular weight is 361 g/mol. The van der Waals surface area contributed by atoms with Gasteiger partial charge in [-0.05, 0) is 37.5 Å². The lowest BCUT2D eigenvalue weighted by Gasteiger charge is -2.33. The zero-order valence-electron chi connectivity index (χ0n) is 14.3. The summed E-state index contributed by atoms with van der Waals surface area (Å²) in [5.41, 5.74) is 1.74. The Morgan fingerprint density at radius 3 is 2.92 bits per heavy atom. The van der Waals surface area contributed by atoms with Crippen molar-refractivity contribution in [3.8, 4) is 11.3 Å². The number of rotatable bonds is 6. The van der Waals surface area contributed by atoms with Crippen LogP contribution in [-0.4, -0.2) is 53.1 Å². The standard InChI is InChI=1S/C17H23N5O2S/c1-25(23,24)22-12-3-2-6-15(22)7-10-19-17-20-11-8-16(21-17)14-5-4-9-18-13-14/h4-5,8-9,11,13,15H,2-3,6-7,10,12H2,1H3,(H,19,20,21)/t15-/m1/s1. The third-order valence-corrected chi connectivity index (χ3v) is 5.71. The molecule has 0 saturated carbocycles. The van der Waals surface area contributed by atoms with Gasteiger partial charge in [0.25, 0.3) is 0 Å². The van der Waals surface area contributed by atoms with Crippen molar-refractivity contribution >= 4 is 16.0 Å². The van der Waals surface area contributed by atoms with Crippen LogP contribution >= 0.6 is 0 Å². The molecule has 0 spiro atoms. The summed E-state index contributed by atoms with van der Waals surface area (Å²) >= 11 is 0. The summed E-state index contributed by atoms with van der Waals surface area (Å²) in [5, 5.41) is 3.21. The number of sulfonamides is 1. The normalized spacial score (nSPS) is 18.8. The molecule has 134 valence electrons. The number of nitrogens with zero attached hydrogens (tertiary/aromatic N) is 4. The Labute approximate surface area is 148 Å². The second kappa shape index (κ2) is 7.88. The zero-order valence-corrected chi connectivity index (χ0v) is 15.1. The van der Waals surface area contributed by atoms with Crippen LogP contribution in [0.15, 0.2) is 36.8 Å². The molecule has 1 aliphatic rings. The minimum absolute atomic E-state index is 0.0535. The van der Waals surface area contributed by atoms with Gasteiger partial charge in [0, 0.05) is 43.3 Å². The van der Waals surface area contributed by atoms with Crippen LogP contribution in [0.1, 0.15) is 25.7 Å². The van der Waals surface area contributed by atoms with Gasteiger partial charge < -0.3 is 5.32 Å². The van der Waals surface area contributed by atoms with E-state index < -0.39 is 10.0 Å². The SMILES string of the molecule is CS(=O)(=O)N1CCCC[C@@H]1CCNc1nccc(-c2cccnc2)n1. The van der Waals surface area contributed by atoms with E-state index in [0.29, 0.717) is 19.0 Å². The van der Waals surface area contributed by atoms with Crippen LogP contribution in [0.3, 0.4) is 0 Å². The molecule has 8 heteroatoms. The molecule has 0 unspecified atom stereocenters. The summed E-state index contributed by atoms with van der Waals surface area (Å²) in [4.78, 5) is 12.8. The van der Waals surface area contributed by atoms with E-state index in [1.807, 2.05) is 18.2 Å². The molecule has 0 aromatic carbocycles. The molecule has 1 fully saturated rings. The van der Waals surface area contributed by atoms with E-state index in [4.69, 9.17) is 0 Å². The van der Waals surface area contributed by atoms with Crippen molar-refractivity contribution in [1.82, 2.24) is 19.3 Å². The molecule has 0 amide bonds. The molecule has 1 N–H and O–H groups in total. The number of nitrogens with one attached hydrogen (secondary N) is 1. The molecule has 1 saturated heterocycles. The van der Waals surface area contributed by atoms with E-state index in [1.165, 1.54) is 6.26 Å². The van der Waals surface area contributed by atoms with E-state index in [2.05, 4.69) is 20.3 Å². The molecular formula is C17H23N5O2S. The topological polar surface area (TPSA) is 88.1 Å². The first-order valence-corrected chi connectivity index (χ1v) is 10.3. The van der Waals surface area contributed by atoms with Gasteiger partial charge in [0.15, 0.2) is 0 Å². The van der Waals surface area contributed by atoms with Gasteiger partial charge in [-0.25, -0.2) is 18.4 Å². The van der Waals surface area contributed by atoms with Crippen LogP contribution < -0.4 is 5.32 Å². The van der Waals surface area contributed by atoms with Crippen molar-refractivity contribution < 1.29 is 8.42 Å². The molecule has 0 radical (unpaired) electrons. The monoisotopic (exact) mass is 361 g/mol. The van der Waals surface area contributed by atoms with Crippen molar-refractivity contribution in [2.24, 2.45) is 0 Å². The Morgan fingerprint density at radius 1 is 1.28 bits per heavy atom. The molecule has 25 heavy (non-hydrogen) atoms. The number of pyridine rings is 1. The van der Waals surface area contributed by atoms with E-state index in [9.17, 15) is 8.42 Å². The minimum Gasteiger partial charge on any atom is -0.354 e. The Bertz CT molecular complexity index is 798. The number of anilines is 1. The van der Waals surface area contributed by atoms with Crippen molar-refractivity contribution in [3.05, 3.63) is 36.8 Å². The number of piperidine rings is 1. The van der Waals surface area contributed by atoms with Gasteiger partial charge in [-0.15, -0.1) is 0 Å². The van der Waals surface area contributed by atoms with Crippen LogP contribution in [0.5, 0.6) is 0 Å². The smallest absolute Gasteiger partial charge is 0.223 e. The van der Waals surface area contributed by atoms with E-state index >= 15 is 0 Å². The molecule has 7 nitrogen and oxygen atoms in total. The Kier molecular flexibility index (Phi) is 5.60. The highest BCUT2D eigenvalue weighted by Gasteiger charge is 2.28. The molecule has 3 rings (SSSR count). The van der Waals surface area contributed by atoms with Gasteiger partial charge in [0.2, 0.25) is 16.0 Å². The van der Waals surface area contributed by atoms with Crippen LogP contribution in [0.25, 0.3) is 11.3 Å². The number of hydrogen-bond acceptors (Lipinski definition) is 6. The number of aromatic nitrogens is 3. The van der Waals surface area contributed by atoms with Gasteiger partial charge in [-0.2, -0.15) is 4.31 Å². The van der Waals surface area contributed by atoms with Gasteiger partial charge in [0.05, 0.1) is 11.9 Å². The first-order chi connectivity index (χ1) is 12.0. The Balaban J connectivity index is 1.60. The lowest BCUT2D eigenvalue weighted by atomic mass is 10.0. The zero-order chi connectivity index (χ0) is 17.7.